The third kappa shape index (κ3) is 11.3. The summed E-state index contributed by atoms with van der Waals surface area (Å²) in [5, 5.41) is 41.2. The van der Waals surface area contributed by atoms with Gasteiger partial charge < -0.3 is 53.6 Å². The van der Waals surface area contributed by atoms with Crippen LogP contribution in [0, 0.1) is 0 Å². The van der Waals surface area contributed by atoms with Crippen molar-refractivity contribution < 1.29 is 63.2 Å². The molecule has 0 amide bonds. The molecule has 0 spiro atoms. The van der Waals surface area contributed by atoms with Crippen molar-refractivity contribution in [3.63, 3.8) is 0 Å². The van der Waals surface area contributed by atoms with Crippen LogP contribution in [0.2, 0.25) is 0 Å². The van der Waals surface area contributed by atoms with Crippen molar-refractivity contribution in [2.75, 3.05) is 41.7 Å². The number of aliphatic hydroxyl groups excluding tert-OH is 1. The van der Waals surface area contributed by atoms with Crippen molar-refractivity contribution in [3.05, 3.63) is 107 Å². The summed E-state index contributed by atoms with van der Waals surface area (Å²) in [5.41, 5.74) is 2.37. The number of ether oxygens (including phenoxy) is 7. The lowest BCUT2D eigenvalue weighted by molar-refractivity contribution is -0.142. The van der Waals surface area contributed by atoms with Gasteiger partial charge in [-0.2, -0.15) is 0 Å². The van der Waals surface area contributed by atoms with Gasteiger partial charge in [-0.25, -0.2) is 9.59 Å². The van der Waals surface area contributed by atoms with Crippen LogP contribution < -0.4 is 23.7 Å². The van der Waals surface area contributed by atoms with Crippen LogP contribution in [0.15, 0.2) is 84.9 Å². The van der Waals surface area contributed by atoms with Gasteiger partial charge in [0.25, 0.3) is 0 Å². The minimum Gasteiger partial charge on any atom is -0.504 e. The van der Waals surface area contributed by atoms with Crippen LogP contribution in [-0.4, -0.2) is 80.1 Å². The molecule has 0 unspecified atom stereocenters. The van der Waals surface area contributed by atoms with Crippen molar-refractivity contribution in [2.45, 2.75) is 25.0 Å². The maximum Gasteiger partial charge on any atom is 0.330 e. The number of esters is 2. The first-order valence-corrected chi connectivity index (χ1v) is 16.4. The number of hydrogen-bond acceptors (Lipinski definition) is 13. The Morgan fingerprint density at radius 3 is 1.75 bits per heavy atom. The second kappa shape index (κ2) is 19.3. The summed E-state index contributed by atoms with van der Waals surface area (Å²) in [6.07, 6.45) is 4.05. The quantitative estimate of drug-likeness (QED) is 0.0552. The molecular weight excluding hydrogens is 688 g/mol. The van der Waals surface area contributed by atoms with Crippen molar-refractivity contribution >= 4 is 24.1 Å². The molecule has 4 aromatic rings. The van der Waals surface area contributed by atoms with E-state index in [1.165, 1.54) is 70.9 Å². The molecule has 0 aliphatic heterocycles. The molecule has 0 saturated heterocycles. The van der Waals surface area contributed by atoms with Gasteiger partial charge in [-0.05, 0) is 95.8 Å². The van der Waals surface area contributed by atoms with Gasteiger partial charge in [-0.15, -0.1) is 0 Å². The largest absolute Gasteiger partial charge is 0.504 e. The Hall–Kier alpha value is -6.34. The molecule has 2 atom stereocenters. The third-order valence-electron chi connectivity index (χ3n) is 7.88. The molecule has 280 valence electrons. The van der Waals surface area contributed by atoms with Gasteiger partial charge in [-0.3, -0.25) is 0 Å². The summed E-state index contributed by atoms with van der Waals surface area (Å²) >= 11 is 0. The molecule has 4 N–H and O–H groups in total. The Balaban J connectivity index is 1.40. The summed E-state index contributed by atoms with van der Waals surface area (Å²) in [7, 11) is 5.70. The first-order valence-electron chi connectivity index (χ1n) is 16.4. The fourth-order valence-corrected chi connectivity index (χ4v) is 5.06. The highest BCUT2D eigenvalue weighted by Gasteiger charge is 2.27. The van der Waals surface area contributed by atoms with E-state index in [4.69, 9.17) is 33.2 Å². The SMILES string of the molecule is COc1ccc([C@@H](O)[C@H](COC(=O)C=Cc2ccc(O)c(OC)c2)Oc2ccc(CCCOC(=O)C=Cc3ccc(O)c(OC)c3)cc2OC)cc1O. The molecule has 0 radical (unpaired) electrons. The highest BCUT2D eigenvalue weighted by atomic mass is 16.6. The number of methoxy groups -OCH3 is 4. The summed E-state index contributed by atoms with van der Waals surface area (Å²) in [6.45, 7) is -0.229. The Labute approximate surface area is 306 Å². The van der Waals surface area contributed by atoms with E-state index in [1.54, 1.807) is 54.6 Å². The maximum absolute atomic E-state index is 12.7. The van der Waals surface area contributed by atoms with Gasteiger partial charge in [-0.1, -0.05) is 24.3 Å². The lowest BCUT2D eigenvalue weighted by atomic mass is 10.0. The molecule has 4 aromatic carbocycles. The highest BCUT2D eigenvalue weighted by molar-refractivity contribution is 5.87. The number of carbonyl (C=O) groups is 2. The molecule has 53 heavy (non-hydrogen) atoms. The first-order chi connectivity index (χ1) is 25.5. The molecule has 0 saturated carbocycles. The number of aryl methyl sites for hydroxylation is 1. The number of aliphatic hydroxyl groups is 1. The van der Waals surface area contributed by atoms with Crippen LogP contribution in [0.25, 0.3) is 12.2 Å². The first kappa shape index (κ1) is 39.4. The Morgan fingerprint density at radius 2 is 1.19 bits per heavy atom. The zero-order valence-electron chi connectivity index (χ0n) is 29.7. The fourth-order valence-electron chi connectivity index (χ4n) is 5.06. The second-order valence-electron chi connectivity index (χ2n) is 11.4. The van der Waals surface area contributed by atoms with Crippen molar-refractivity contribution in [1.29, 1.82) is 0 Å². The second-order valence-corrected chi connectivity index (χ2v) is 11.4. The van der Waals surface area contributed by atoms with Crippen LogP contribution >= 0.6 is 0 Å². The molecule has 13 nitrogen and oxygen atoms in total. The number of benzene rings is 4. The Morgan fingerprint density at radius 1 is 0.623 bits per heavy atom. The van der Waals surface area contributed by atoms with E-state index >= 15 is 0 Å². The summed E-state index contributed by atoms with van der Waals surface area (Å²) in [4.78, 5) is 24.9. The molecule has 13 heteroatoms. The molecular formula is C40H42O13. The molecule has 0 heterocycles. The van der Waals surface area contributed by atoms with E-state index in [0.29, 0.717) is 29.7 Å². The molecule has 0 aromatic heterocycles. The van der Waals surface area contributed by atoms with Crippen LogP contribution in [0.3, 0.4) is 0 Å². The molecule has 4 rings (SSSR count). The van der Waals surface area contributed by atoms with Crippen molar-refractivity contribution in [2.24, 2.45) is 0 Å². The van der Waals surface area contributed by atoms with Crippen LogP contribution in [0.1, 0.15) is 34.8 Å². The number of phenols is 3. The summed E-state index contributed by atoms with van der Waals surface area (Å²) < 4.78 is 37.8. The maximum atomic E-state index is 12.7. The predicted molar refractivity (Wildman–Crippen MR) is 195 cm³/mol. The summed E-state index contributed by atoms with van der Waals surface area (Å²) in [6, 6.07) is 18.8. The van der Waals surface area contributed by atoms with Crippen LogP contribution in [0.4, 0.5) is 0 Å². The minimum atomic E-state index is -1.37. The molecule has 0 bridgehead atoms. The van der Waals surface area contributed by atoms with Crippen molar-refractivity contribution in [1.82, 2.24) is 0 Å². The molecule has 0 fully saturated rings. The normalized spacial score (nSPS) is 12.2. The Kier molecular flexibility index (Phi) is 14.4. The highest BCUT2D eigenvalue weighted by Crippen LogP contribution is 2.35. The van der Waals surface area contributed by atoms with E-state index in [-0.39, 0.29) is 59.0 Å². The average molecular weight is 731 g/mol. The zero-order chi connectivity index (χ0) is 38.3. The van der Waals surface area contributed by atoms with E-state index in [1.807, 2.05) is 0 Å². The lowest BCUT2D eigenvalue weighted by Gasteiger charge is -2.25. The van der Waals surface area contributed by atoms with Crippen molar-refractivity contribution in [3.8, 4) is 46.0 Å². The predicted octanol–water partition coefficient (Wildman–Crippen LogP) is 5.76. The van der Waals surface area contributed by atoms with E-state index in [0.717, 1.165) is 5.56 Å². The Bertz CT molecular complexity index is 1920. The zero-order valence-corrected chi connectivity index (χ0v) is 29.7. The average Bonchev–Trinajstić information content (AvgIpc) is 3.17. The topological polar surface area (TPSA) is 180 Å². The summed E-state index contributed by atoms with van der Waals surface area (Å²) in [5.74, 6) is -0.174. The molecule has 0 aliphatic carbocycles. The van der Waals surface area contributed by atoms with E-state index in [9.17, 15) is 30.0 Å². The molecule has 0 aliphatic rings. The third-order valence-corrected chi connectivity index (χ3v) is 7.88. The standard InChI is InChI=1S/C40H42O13/c1-47-32-16-12-28(23-31(32)43)40(46)37(24-52-39(45)18-11-27-8-14-30(42)35(21-27)49-3)53-33-15-9-25(22-36(33)50-4)6-5-19-51-38(44)17-10-26-7-13-29(41)34(20-26)48-2/h7-18,20-23,37,40-43,46H,5-6,19,24H2,1-4H3/t37-,40+/m0/s1. The number of hydrogen-bond donors (Lipinski definition) is 4. The van der Waals surface area contributed by atoms with Gasteiger partial charge in [0.05, 0.1) is 35.0 Å². The lowest BCUT2D eigenvalue weighted by Crippen LogP contribution is -2.31. The smallest absolute Gasteiger partial charge is 0.330 e. The number of carbonyl (C=O) groups excluding carboxylic acids is 2. The van der Waals surface area contributed by atoms with Gasteiger partial charge in [0.1, 0.15) is 12.7 Å². The number of rotatable bonds is 18. The van der Waals surface area contributed by atoms with Gasteiger partial charge in [0, 0.05) is 12.2 Å². The van der Waals surface area contributed by atoms with Crippen LogP contribution in [0.5, 0.6) is 46.0 Å². The monoisotopic (exact) mass is 730 g/mol. The van der Waals surface area contributed by atoms with E-state index < -0.39 is 24.1 Å². The number of phenolic OH excluding ortho intramolecular Hbond substituents is 3. The van der Waals surface area contributed by atoms with E-state index in [2.05, 4.69) is 0 Å². The van der Waals surface area contributed by atoms with Gasteiger partial charge in [0.15, 0.2) is 52.1 Å². The fraction of sp³-hybridized carbons (Fsp3) is 0.250. The number of aromatic hydroxyl groups is 3. The minimum absolute atomic E-state index is 0.00449. The van der Waals surface area contributed by atoms with Gasteiger partial charge >= 0.3 is 11.9 Å². The van der Waals surface area contributed by atoms with Crippen LogP contribution in [-0.2, 0) is 25.5 Å². The van der Waals surface area contributed by atoms with Gasteiger partial charge in [0.2, 0.25) is 0 Å².